The Balaban J connectivity index is 1.89. The van der Waals surface area contributed by atoms with E-state index in [-0.39, 0.29) is 18.6 Å². The molecular weight excluding hydrogens is 326 g/mol. The first-order valence-corrected chi connectivity index (χ1v) is 8.03. The minimum absolute atomic E-state index is 0.226. The third kappa shape index (κ3) is 5.10. The highest BCUT2D eigenvalue weighted by molar-refractivity contribution is 6.30. The summed E-state index contributed by atoms with van der Waals surface area (Å²) in [5, 5.41) is 3.38. The predicted octanol–water partition coefficient (Wildman–Crippen LogP) is 3.99. The number of carbonyl (C=O) groups excluding carboxylic acids is 2. The van der Waals surface area contributed by atoms with E-state index in [1.165, 1.54) is 0 Å². The molecule has 2 aromatic rings. The number of carbonyl (C=O) groups is 2. The maximum absolute atomic E-state index is 12.0. The Kier molecular flexibility index (Phi) is 5.99. The van der Waals surface area contributed by atoms with Crippen LogP contribution in [0.1, 0.15) is 40.0 Å². The van der Waals surface area contributed by atoms with Crippen molar-refractivity contribution in [3.05, 3.63) is 69.7 Å². The summed E-state index contributed by atoms with van der Waals surface area (Å²) in [7, 11) is 0. The standard InChI is InChI=1S/C19H20ClNO3/c1-12-7-13(2)9-16(8-12)19(23)24-11-18(22)21-14(3)15-5-4-6-17(20)10-15/h4-10,14H,11H2,1-3H3,(H,21,22)/t14-/m0/s1. The third-order valence-electron chi connectivity index (χ3n) is 3.52. The van der Waals surface area contributed by atoms with Crippen LogP contribution in [0.2, 0.25) is 5.02 Å². The number of amides is 1. The molecule has 1 N–H and O–H groups in total. The molecule has 0 saturated heterocycles. The number of esters is 1. The van der Waals surface area contributed by atoms with Gasteiger partial charge in [-0.05, 0) is 50.6 Å². The van der Waals surface area contributed by atoms with E-state index in [0.717, 1.165) is 16.7 Å². The van der Waals surface area contributed by atoms with Gasteiger partial charge in [0.2, 0.25) is 0 Å². The van der Waals surface area contributed by atoms with Crippen molar-refractivity contribution in [1.82, 2.24) is 5.32 Å². The van der Waals surface area contributed by atoms with Crippen LogP contribution in [0.4, 0.5) is 0 Å². The van der Waals surface area contributed by atoms with Crippen LogP contribution in [0.25, 0.3) is 0 Å². The number of rotatable bonds is 5. The maximum Gasteiger partial charge on any atom is 0.338 e. The summed E-state index contributed by atoms with van der Waals surface area (Å²) >= 11 is 5.94. The van der Waals surface area contributed by atoms with E-state index >= 15 is 0 Å². The highest BCUT2D eigenvalue weighted by Crippen LogP contribution is 2.17. The van der Waals surface area contributed by atoms with E-state index in [1.54, 1.807) is 24.3 Å². The normalized spacial score (nSPS) is 11.7. The van der Waals surface area contributed by atoms with Crippen LogP contribution in [-0.4, -0.2) is 18.5 Å². The molecule has 2 rings (SSSR count). The Hall–Kier alpha value is -2.33. The quantitative estimate of drug-likeness (QED) is 0.833. The van der Waals surface area contributed by atoms with Crippen molar-refractivity contribution >= 4 is 23.5 Å². The van der Waals surface area contributed by atoms with Gasteiger partial charge in [-0.1, -0.05) is 40.9 Å². The van der Waals surface area contributed by atoms with Gasteiger partial charge in [0.15, 0.2) is 6.61 Å². The van der Waals surface area contributed by atoms with Crippen molar-refractivity contribution < 1.29 is 14.3 Å². The molecule has 2 aromatic carbocycles. The van der Waals surface area contributed by atoms with Gasteiger partial charge in [0.05, 0.1) is 11.6 Å². The average molecular weight is 346 g/mol. The molecule has 0 heterocycles. The lowest BCUT2D eigenvalue weighted by molar-refractivity contribution is -0.124. The average Bonchev–Trinajstić information content (AvgIpc) is 2.51. The Morgan fingerprint density at radius 3 is 2.42 bits per heavy atom. The molecule has 0 aliphatic heterocycles. The van der Waals surface area contributed by atoms with Crippen LogP contribution in [0.5, 0.6) is 0 Å². The first kappa shape index (κ1) is 18.0. The molecule has 0 aliphatic carbocycles. The number of hydrogen-bond donors (Lipinski definition) is 1. The van der Waals surface area contributed by atoms with Gasteiger partial charge in [0.1, 0.15) is 0 Å². The molecule has 0 radical (unpaired) electrons. The van der Waals surface area contributed by atoms with Crippen molar-refractivity contribution in [2.24, 2.45) is 0 Å². The van der Waals surface area contributed by atoms with Crippen molar-refractivity contribution in [1.29, 1.82) is 0 Å². The Morgan fingerprint density at radius 1 is 1.12 bits per heavy atom. The summed E-state index contributed by atoms with van der Waals surface area (Å²) < 4.78 is 5.08. The van der Waals surface area contributed by atoms with E-state index in [2.05, 4.69) is 5.32 Å². The van der Waals surface area contributed by atoms with Gasteiger partial charge in [-0.15, -0.1) is 0 Å². The van der Waals surface area contributed by atoms with Crippen LogP contribution in [0.3, 0.4) is 0 Å². The van der Waals surface area contributed by atoms with E-state index in [4.69, 9.17) is 16.3 Å². The molecule has 0 spiro atoms. The highest BCUT2D eigenvalue weighted by atomic mass is 35.5. The second-order valence-electron chi connectivity index (χ2n) is 5.80. The van der Waals surface area contributed by atoms with Crippen LogP contribution in [0.15, 0.2) is 42.5 Å². The molecule has 24 heavy (non-hydrogen) atoms. The lowest BCUT2D eigenvalue weighted by atomic mass is 10.1. The van der Waals surface area contributed by atoms with Gasteiger partial charge in [-0.3, -0.25) is 4.79 Å². The lowest BCUT2D eigenvalue weighted by Gasteiger charge is -2.14. The molecule has 0 saturated carbocycles. The number of halogens is 1. The molecular formula is C19H20ClNO3. The molecule has 4 nitrogen and oxygen atoms in total. The zero-order valence-electron chi connectivity index (χ0n) is 13.9. The van der Waals surface area contributed by atoms with Crippen LogP contribution in [-0.2, 0) is 9.53 Å². The SMILES string of the molecule is Cc1cc(C)cc(C(=O)OCC(=O)N[C@@H](C)c2cccc(Cl)c2)c1. The summed E-state index contributed by atoms with van der Waals surface area (Å²) in [6, 6.07) is 12.5. The molecule has 0 fully saturated rings. The number of hydrogen-bond acceptors (Lipinski definition) is 3. The third-order valence-corrected chi connectivity index (χ3v) is 3.75. The first-order chi connectivity index (χ1) is 11.3. The number of ether oxygens (including phenoxy) is 1. The fourth-order valence-electron chi connectivity index (χ4n) is 2.45. The second kappa shape index (κ2) is 7.97. The second-order valence-corrected chi connectivity index (χ2v) is 6.23. The van der Waals surface area contributed by atoms with Crippen molar-refractivity contribution in [2.45, 2.75) is 26.8 Å². The predicted molar refractivity (Wildman–Crippen MR) is 94.2 cm³/mol. The molecule has 126 valence electrons. The van der Waals surface area contributed by atoms with E-state index in [0.29, 0.717) is 10.6 Å². The fraction of sp³-hybridized carbons (Fsp3) is 0.263. The van der Waals surface area contributed by atoms with Gasteiger partial charge in [0, 0.05) is 5.02 Å². The van der Waals surface area contributed by atoms with Crippen LogP contribution < -0.4 is 5.32 Å². The van der Waals surface area contributed by atoms with Gasteiger partial charge in [0.25, 0.3) is 5.91 Å². The van der Waals surface area contributed by atoms with E-state index < -0.39 is 5.97 Å². The minimum atomic E-state index is -0.507. The largest absolute Gasteiger partial charge is 0.452 e. The van der Waals surface area contributed by atoms with Gasteiger partial charge >= 0.3 is 5.97 Å². The fourth-order valence-corrected chi connectivity index (χ4v) is 2.65. The number of aryl methyl sites for hydroxylation is 2. The highest BCUT2D eigenvalue weighted by Gasteiger charge is 2.14. The first-order valence-electron chi connectivity index (χ1n) is 7.65. The molecule has 5 heteroatoms. The zero-order valence-corrected chi connectivity index (χ0v) is 14.7. The molecule has 1 atom stereocenters. The lowest BCUT2D eigenvalue weighted by Crippen LogP contribution is -2.31. The van der Waals surface area contributed by atoms with Crippen molar-refractivity contribution in [2.75, 3.05) is 6.61 Å². The summed E-state index contributed by atoms with van der Waals surface area (Å²) in [4.78, 5) is 24.0. The Morgan fingerprint density at radius 2 is 1.79 bits per heavy atom. The topological polar surface area (TPSA) is 55.4 Å². The zero-order chi connectivity index (χ0) is 17.7. The van der Waals surface area contributed by atoms with Crippen molar-refractivity contribution in [3.63, 3.8) is 0 Å². The summed E-state index contributed by atoms with van der Waals surface area (Å²) in [6.07, 6.45) is 0. The van der Waals surface area contributed by atoms with Crippen LogP contribution >= 0.6 is 11.6 Å². The van der Waals surface area contributed by atoms with Gasteiger partial charge in [-0.2, -0.15) is 0 Å². The molecule has 0 aliphatic rings. The van der Waals surface area contributed by atoms with E-state index in [1.807, 2.05) is 39.0 Å². The van der Waals surface area contributed by atoms with Crippen molar-refractivity contribution in [3.8, 4) is 0 Å². The van der Waals surface area contributed by atoms with E-state index in [9.17, 15) is 9.59 Å². The van der Waals surface area contributed by atoms with Gasteiger partial charge < -0.3 is 10.1 Å². The summed E-state index contributed by atoms with van der Waals surface area (Å²) in [5.41, 5.74) is 3.28. The smallest absolute Gasteiger partial charge is 0.338 e. The molecule has 0 unspecified atom stereocenters. The Bertz CT molecular complexity index is 738. The molecule has 1 amide bonds. The van der Waals surface area contributed by atoms with Crippen LogP contribution in [0, 0.1) is 13.8 Å². The number of benzene rings is 2. The monoisotopic (exact) mass is 345 g/mol. The minimum Gasteiger partial charge on any atom is -0.452 e. The number of nitrogens with one attached hydrogen (secondary N) is 1. The van der Waals surface area contributed by atoms with Gasteiger partial charge in [-0.25, -0.2) is 4.79 Å². The summed E-state index contributed by atoms with van der Waals surface area (Å²) in [6.45, 7) is 5.33. The Labute approximate surface area is 146 Å². The maximum atomic E-state index is 12.0. The summed E-state index contributed by atoms with van der Waals surface area (Å²) in [5.74, 6) is -0.868. The molecule has 0 aromatic heterocycles. The molecule has 0 bridgehead atoms.